The molecule has 0 radical (unpaired) electrons. The van der Waals surface area contributed by atoms with Gasteiger partial charge in [0.15, 0.2) is 0 Å². The number of carboxylic acids is 1. The molecule has 0 saturated carbocycles. The van der Waals surface area contributed by atoms with Crippen LogP contribution in [-0.4, -0.2) is 38.2 Å². The van der Waals surface area contributed by atoms with Gasteiger partial charge in [0, 0.05) is 19.2 Å². The lowest BCUT2D eigenvalue weighted by molar-refractivity contribution is -0.682. The number of carbonyl (C=O) groups is 2. The summed E-state index contributed by atoms with van der Waals surface area (Å²) in [5.41, 5.74) is -0.950. The maximum Gasteiger partial charge on any atom is 0.416 e. The van der Waals surface area contributed by atoms with Crippen LogP contribution in [0.15, 0.2) is 24.3 Å². The first-order valence-corrected chi connectivity index (χ1v) is 7.24. The molecule has 0 spiro atoms. The van der Waals surface area contributed by atoms with Crippen molar-refractivity contribution in [2.75, 3.05) is 25.6 Å². The molecule has 0 saturated heterocycles. The van der Waals surface area contributed by atoms with E-state index in [2.05, 4.69) is 5.32 Å². The molecule has 1 rings (SSSR count). The molecule has 3 N–H and O–H groups in total. The minimum absolute atomic E-state index is 0.0497. The molecule has 0 aromatic heterocycles. The standard InChI is InChI=1S/C15H19F3N2O4/c1-24-7-3-6-19-12(14(22)23)9-13(21)20-11-5-2-4-10(8-11)15(16,17)18/h2,4-5,8,12,19H,3,6-7,9H2,1H3,(H,20,21)(H,22,23)/t12-/m0/s1. The lowest BCUT2D eigenvalue weighted by Crippen LogP contribution is -2.93. The summed E-state index contributed by atoms with van der Waals surface area (Å²) in [6.07, 6.45) is -4.34. The normalized spacial score (nSPS) is 12.7. The van der Waals surface area contributed by atoms with Crippen molar-refractivity contribution in [1.29, 1.82) is 0 Å². The number of aliphatic carboxylic acids is 1. The number of amides is 1. The number of ether oxygens (including phenoxy) is 1. The van der Waals surface area contributed by atoms with Crippen molar-refractivity contribution in [2.24, 2.45) is 0 Å². The first-order valence-electron chi connectivity index (χ1n) is 7.24. The average molecular weight is 348 g/mol. The zero-order valence-corrected chi connectivity index (χ0v) is 13.1. The number of rotatable bonds is 9. The molecule has 0 heterocycles. The summed E-state index contributed by atoms with van der Waals surface area (Å²) < 4.78 is 42.7. The summed E-state index contributed by atoms with van der Waals surface area (Å²) >= 11 is 0. The van der Waals surface area contributed by atoms with Crippen molar-refractivity contribution in [3.8, 4) is 0 Å². The first kappa shape index (κ1) is 19.9. The van der Waals surface area contributed by atoms with Crippen LogP contribution in [0, 0.1) is 0 Å². The number of benzene rings is 1. The van der Waals surface area contributed by atoms with Gasteiger partial charge >= 0.3 is 6.18 Å². The molecule has 0 fully saturated rings. The van der Waals surface area contributed by atoms with Gasteiger partial charge in [0.1, 0.15) is 6.04 Å². The lowest BCUT2D eigenvalue weighted by atomic mass is 10.1. The Morgan fingerprint density at radius 2 is 2.08 bits per heavy atom. The van der Waals surface area contributed by atoms with Crippen molar-refractivity contribution in [3.05, 3.63) is 29.8 Å². The highest BCUT2D eigenvalue weighted by Gasteiger charge is 2.30. The van der Waals surface area contributed by atoms with Crippen molar-refractivity contribution >= 4 is 17.6 Å². The molecule has 1 atom stereocenters. The zero-order chi connectivity index (χ0) is 18.2. The molecule has 6 nitrogen and oxygen atoms in total. The third kappa shape index (κ3) is 6.97. The van der Waals surface area contributed by atoms with Gasteiger partial charge < -0.3 is 25.3 Å². The minimum Gasteiger partial charge on any atom is -0.544 e. The van der Waals surface area contributed by atoms with Crippen molar-refractivity contribution in [2.45, 2.75) is 25.1 Å². The maximum atomic E-state index is 12.6. The summed E-state index contributed by atoms with van der Waals surface area (Å²) in [6, 6.07) is 3.00. The van der Waals surface area contributed by atoms with E-state index in [9.17, 15) is 27.9 Å². The van der Waals surface area contributed by atoms with Gasteiger partial charge in [-0.05, 0) is 18.2 Å². The number of quaternary nitrogens is 1. The van der Waals surface area contributed by atoms with E-state index in [4.69, 9.17) is 4.74 Å². The van der Waals surface area contributed by atoms with E-state index in [0.29, 0.717) is 19.6 Å². The Labute approximate surface area is 137 Å². The highest BCUT2D eigenvalue weighted by molar-refractivity contribution is 5.93. The third-order valence-electron chi connectivity index (χ3n) is 3.19. The van der Waals surface area contributed by atoms with Crippen LogP contribution < -0.4 is 15.7 Å². The maximum absolute atomic E-state index is 12.6. The van der Waals surface area contributed by atoms with Gasteiger partial charge in [0.25, 0.3) is 0 Å². The van der Waals surface area contributed by atoms with Gasteiger partial charge in [-0.1, -0.05) is 6.07 Å². The van der Waals surface area contributed by atoms with E-state index in [0.717, 1.165) is 18.2 Å². The molecule has 0 bridgehead atoms. The Hall–Kier alpha value is -2.13. The van der Waals surface area contributed by atoms with Gasteiger partial charge in [-0.2, -0.15) is 13.2 Å². The lowest BCUT2D eigenvalue weighted by Gasteiger charge is -2.16. The van der Waals surface area contributed by atoms with Crippen LogP contribution in [0.3, 0.4) is 0 Å². The summed E-state index contributed by atoms with van der Waals surface area (Å²) in [6.45, 7) is 0.871. The van der Waals surface area contributed by atoms with Crippen LogP contribution in [0.4, 0.5) is 18.9 Å². The van der Waals surface area contributed by atoms with Crippen LogP contribution >= 0.6 is 0 Å². The summed E-state index contributed by atoms with van der Waals surface area (Å²) in [5.74, 6) is -2.11. The number of carboxylic acid groups (broad SMARTS) is 1. The zero-order valence-electron chi connectivity index (χ0n) is 13.1. The van der Waals surface area contributed by atoms with E-state index in [1.807, 2.05) is 0 Å². The number of hydrogen-bond acceptors (Lipinski definition) is 4. The number of carbonyl (C=O) groups excluding carboxylic acids is 2. The predicted molar refractivity (Wildman–Crippen MR) is 76.8 cm³/mol. The van der Waals surface area contributed by atoms with Crippen molar-refractivity contribution in [3.63, 3.8) is 0 Å². The SMILES string of the molecule is COCCC[NH2+][C@@H](CC(=O)Nc1cccc(C(F)(F)F)c1)C(=O)[O-]. The predicted octanol–water partition coefficient (Wildman–Crippen LogP) is -0.248. The van der Waals surface area contributed by atoms with Gasteiger partial charge in [-0.25, -0.2) is 0 Å². The quantitative estimate of drug-likeness (QED) is 0.602. The number of alkyl halides is 3. The van der Waals surface area contributed by atoms with Crippen LogP contribution in [0.5, 0.6) is 0 Å². The van der Waals surface area contributed by atoms with Gasteiger partial charge in [0.05, 0.1) is 31.1 Å². The van der Waals surface area contributed by atoms with Crippen LogP contribution in [-0.2, 0) is 20.5 Å². The Morgan fingerprint density at radius 3 is 2.67 bits per heavy atom. The van der Waals surface area contributed by atoms with Crippen LogP contribution in [0.2, 0.25) is 0 Å². The van der Waals surface area contributed by atoms with E-state index in [1.54, 1.807) is 0 Å². The van der Waals surface area contributed by atoms with Crippen LogP contribution in [0.1, 0.15) is 18.4 Å². The molecule has 1 aromatic rings. The molecule has 1 aromatic carbocycles. The fraction of sp³-hybridized carbons (Fsp3) is 0.467. The van der Waals surface area contributed by atoms with Crippen LogP contribution in [0.25, 0.3) is 0 Å². The number of halogens is 3. The smallest absolute Gasteiger partial charge is 0.416 e. The molecular formula is C15H19F3N2O4. The number of methoxy groups -OCH3 is 1. The Balaban J connectivity index is 2.61. The fourth-order valence-electron chi connectivity index (χ4n) is 1.99. The fourth-order valence-corrected chi connectivity index (χ4v) is 1.99. The molecule has 0 unspecified atom stereocenters. The number of nitrogens with one attached hydrogen (secondary N) is 1. The average Bonchev–Trinajstić information content (AvgIpc) is 2.49. The molecule has 1 amide bonds. The highest BCUT2D eigenvalue weighted by Crippen LogP contribution is 2.30. The largest absolute Gasteiger partial charge is 0.544 e. The molecule has 0 aliphatic carbocycles. The van der Waals surface area contributed by atoms with Gasteiger partial charge in [-0.3, -0.25) is 4.79 Å². The Kier molecular flexibility index (Phi) is 7.66. The molecular weight excluding hydrogens is 329 g/mol. The summed E-state index contributed by atoms with van der Waals surface area (Å²) in [4.78, 5) is 22.9. The monoisotopic (exact) mass is 348 g/mol. The Morgan fingerprint density at radius 1 is 1.38 bits per heavy atom. The summed E-state index contributed by atoms with van der Waals surface area (Å²) in [7, 11) is 1.51. The van der Waals surface area contributed by atoms with Crippen molar-refractivity contribution in [1.82, 2.24) is 0 Å². The molecule has 24 heavy (non-hydrogen) atoms. The first-order chi connectivity index (χ1) is 11.2. The molecule has 9 heteroatoms. The summed E-state index contributed by atoms with van der Waals surface area (Å²) in [5, 5.41) is 14.7. The van der Waals surface area contributed by atoms with E-state index in [-0.39, 0.29) is 5.69 Å². The van der Waals surface area contributed by atoms with Gasteiger partial charge in [-0.15, -0.1) is 0 Å². The second kappa shape index (κ2) is 9.24. The van der Waals surface area contributed by atoms with E-state index < -0.39 is 36.1 Å². The third-order valence-corrected chi connectivity index (χ3v) is 3.19. The number of nitrogens with two attached hydrogens (primary N) is 1. The minimum atomic E-state index is -4.52. The molecule has 134 valence electrons. The molecule has 0 aliphatic heterocycles. The van der Waals surface area contributed by atoms with Gasteiger partial charge in [0.2, 0.25) is 5.91 Å². The number of hydrogen-bond donors (Lipinski definition) is 2. The van der Waals surface area contributed by atoms with Crippen molar-refractivity contribution < 1.29 is 37.9 Å². The highest BCUT2D eigenvalue weighted by atomic mass is 19.4. The van der Waals surface area contributed by atoms with E-state index in [1.165, 1.54) is 18.5 Å². The second-order valence-corrected chi connectivity index (χ2v) is 5.13. The van der Waals surface area contributed by atoms with E-state index >= 15 is 0 Å². The second-order valence-electron chi connectivity index (χ2n) is 5.13. The molecule has 0 aliphatic rings. The number of anilines is 1. The Bertz CT molecular complexity index is 564. The topological polar surface area (TPSA) is 95.1 Å².